The van der Waals surface area contributed by atoms with Gasteiger partial charge in [-0.25, -0.2) is 4.98 Å². The lowest BCUT2D eigenvalue weighted by Gasteiger charge is -2.18. The van der Waals surface area contributed by atoms with Crippen molar-refractivity contribution in [2.24, 2.45) is 5.73 Å². The lowest BCUT2D eigenvalue weighted by molar-refractivity contribution is 0.507. The first-order valence-corrected chi connectivity index (χ1v) is 6.28. The number of nitrogens with zero attached hydrogens (tertiary/aromatic N) is 1. The first kappa shape index (κ1) is 12.8. The lowest BCUT2D eigenvalue weighted by atomic mass is 9.93. The van der Waals surface area contributed by atoms with Gasteiger partial charge in [0.05, 0.1) is 5.69 Å². The number of aromatic nitrogens is 2. The molecule has 3 nitrogen and oxygen atoms in total. The zero-order chi connectivity index (χ0) is 13.3. The molecular formula is C15H21N3. The number of imidazole rings is 1. The van der Waals surface area contributed by atoms with Gasteiger partial charge in [-0.1, -0.05) is 37.6 Å². The Hall–Kier alpha value is -1.61. The molecule has 0 atom stereocenters. The summed E-state index contributed by atoms with van der Waals surface area (Å²) in [5.41, 5.74) is 10.2. The number of benzene rings is 1. The molecule has 0 aliphatic carbocycles. The quantitative estimate of drug-likeness (QED) is 0.870. The molecule has 18 heavy (non-hydrogen) atoms. The van der Waals surface area contributed by atoms with Crippen LogP contribution in [-0.4, -0.2) is 16.5 Å². The van der Waals surface area contributed by atoms with E-state index in [9.17, 15) is 0 Å². The molecule has 1 heterocycles. The van der Waals surface area contributed by atoms with Crippen molar-refractivity contribution in [3.05, 3.63) is 41.3 Å². The summed E-state index contributed by atoms with van der Waals surface area (Å²) >= 11 is 0. The predicted octanol–water partition coefficient (Wildman–Crippen LogP) is 2.93. The minimum Gasteiger partial charge on any atom is -0.345 e. The van der Waals surface area contributed by atoms with Gasteiger partial charge in [0.1, 0.15) is 5.82 Å². The summed E-state index contributed by atoms with van der Waals surface area (Å²) < 4.78 is 0. The third kappa shape index (κ3) is 2.31. The van der Waals surface area contributed by atoms with Gasteiger partial charge in [-0.15, -0.1) is 0 Å². The SMILES string of the molecule is Cc1cccc(-c2nc(C(C)(C)CN)[nH]c2C)c1. The highest BCUT2D eigenvalue weighted by Crippen LogP contribution is 2.26. The highest BCUT2D eigenvalue weighted by Gasteiger charge is 2.23. The van der Waals surface area contributed by atoms with E-state index in [1.165, 1.54) is 5.56 Å². The van der Waals surface area contributed by atoms with Crippen LogP contribution < -0.4 is 5.73 Å². The fourth-order valence-corrected chi connectivity index (χ4v) is 1.95. The maximum atomic E-state index is 5.80. The molecule has 0 spiro atoms. The van der Waals surface area contributed by atoms with Crippen LogP contribution in [0.3, 0.4) is 0 Å². The fraction of sp³-hybridized carbons (Fsp3) is 0.400. The van der Waals surface area contributed by atoms with Crippen LogP contribution in [0.1, 0.15) is 30.9 Å². The summed E-state index contributed by atoms with van der Waals surface area (Å²) in [4.78, 5) is 8.09. The number of rotatable bonds is 3. The minimum absolute atomic E-state index is 0.118. The molecule has 0 aliphatic heterocycles. The van der Waals surface area contributed by atoms with E-state index in [1.807, 2.05) is 0 Å². The number of nitrogens with one attached hydrogen (secondary N) is 1. The molecule has 2 rings (SSSR count). The number of nitrogens with two attached hydrogens (primary N) is 1. The number of H-pyrrole nitrogens is 1. The Morgan fingerprint density at radius 3 is 2.61 bits per heavy atom. The van der Waals surface area contributed by atoms with Gasteiger partial charge < -0.3 is 10.7 Å². The Labute approximate surface area is 108 Å². The van der Waals surface area contributed by atoms with Crippen molar-refractivity contribution in [1.82, 2.24) is 9.97 Å². The average Bonchev–Trinajstić information content (AvgIpc) is 2.72. The maximum absolute atomic E-state index is 5.80. The van der Waals surface area contributed by atoms with Crippen molar-refractivity contribution >= 4 is 0 Å². The summed E-state index contributed by atoms with van der Waals surface area (Å²) in [6.07, 6.45) is 0. The lowest BCUT2D eigenvalue weighted by Crippen LogP contribution is -2.29. The zero-order valence-electron chi connectivity index (χ0n) is 11.5. The number of aryl methyl sites for hydroxylation is 2. The topological polar surface area (TPSA) is 54.7 Å². The summed E-state index contributed by atoms with van der Waals surface area (Å²) in [6.45, 7) is 8.93. The fourth-order valence-electron chi connectivity index (χ4n) is 1.95. The Morgan fingerprint density at radius 2 is 2.00 bits per heavy atom. The zero-order valence-corrected chi connectivity index (χ0v) is 11.5. The number of hydrogen-bond acceptors (Lipinski definition) is 2. The predicted molar refractivity (Wildman–Crippen MR) is 75.6 cm³/mol. The van der Waals surface area contributed by atoms with E-state index in [2.05, 4.69) is 56.9 Å². The van der Waals surface area contributed by atoms with E-state index in [0.29, 0.717) is 6.54 Å². The standard InChI is InChI=1S/C15H21N3/c1-10-6-5-7-12(8-10)13-11(2)17-14(18-13)15(3,4)9-16/h5-8H,9,16H2,1-4H3,(H,17,18). The van der Waals surface area contributed by atoms with Gasteiger partial charge in [-0.3, -0.25) is 0 Å². The van der Waals surface area contributed by atoms with Gasteiger partial charge in [-0.2, -0.15) is 0 Å². The first-order chi connectivity index (χ1) is 8.44. The Bertz CT molecular complexity index is 553. The van der Waals surface area contributed by atoms with Crippen LogP contribution in [0.4, 0.5) is 0 Å². The smallest absolute Gasteiger partial charge is 0.113 e. The minimum atomic E-state index is -0.118. The third-order valence-corrected chi connectivity index (χ3v) is 3.33. The first-order valence-electron chi connectivity index (χ1n) is 6.28. The molecule has 1 aromatic heterocycles. The number of hydrogen-bond donors (Lipinski definition) is 2. The third-order valence-electron chi connectivity index (χ3n) is 3.33. The van der Waals surface area contributed by atoms with Crippen molar-refractivity contribution in [3.8, 4) is 11.3 Å². The van der Waals surface area contributed by atoms with E-state index < -0.39 is 0 Å². The van der Waals surface area contributed by atoms with Crippen LogP contribution >= 0.6 is 0 Å². The van der Waals surface area contributed by atoms with Crippen molar-refractivity contribution in [2.75, 3.05) is 6.54 Å². The molecule has 96 valence electrons. The second kappa shape index (κ2) is 4.58. The maximum Gasteiger partial charge on any atom is 0.113 e. The normalized spacial score (nSPS) is 11.8. The molecule has 0 radical (unpaired) electrons. The molecule has 3 N–H and O–H groups in total. The highest BCUT2D eigenvalue weighted by molar-refractivity contribution is 5.62. The largest absolute Gasteiger partial charge is 0.345 e. The highest BCUT2D eigenvalue weighted by atomic mass is 15.0. The van der Waals surface area contributed by atoms with Gasteiger partial charge in [-0.05, 0) is 19.9 Å². The molecule has 0 bridgehead atoms. The van der Waals surface area contributed by atoms with Gasteiger partial charge in [0.15, 0.2) is 0 Å². The van der Waals surface area contributed by atoms with Crippen LogP contribution in [0.25, 0.3) is 11.3 Å². The van der Waals surface area contributed by atoms with Crippen LogP contribution in [0.2, 0.25) is 0 Å². The summed E-state index contributed by atoms with van der Waals surface area (Å²) in [5, 5.41) is 0. The molecule has 0 aliphatic rings. The van der Waals surface area contributed by atoms with E-state index in [4.69, 9.17) is 10.7 Å². The molecule has 0 amide bonds. The molecule has 0 saturated heterocycles. The molecule has 0 unspecified atom stereocenters. The van der Waals surface area contributed by atoms with Crippen LogP contribution in [-0.2, 0) is 5.41 Å². The summed E-state index contributed by atoms with van der Waals surface area (Å²) in [7, 11) is 0. The van der Waals surface area contributed by atoms with Gasteiger partial charge in [0.25, 0.3) is 0 Å². The summed E-state index contributed by atoms with van der Waals surface area (Å²) in [6, 6.07) is 8.40. The second-order valence-electron chi connectivity index (χ2n) is 5.52. The summed E-state index contributed by atoms with van der Waals surface area (Å²) in [5.74, 6) is 0.957. The van der Waals surface area contributed by atoms with E-state index in [0.717, 1.165) is 22.8 Å². The molecule has 1 aromatic carbocycles. The molecular weight excluding hydrogens is 222 g/mol. The van der Waals surface area contributed by atoms with Gasteiger partial charge in [0, 0.05) is 23.2 Å². The second-order valence-corrected chi connectivity index (χ2v) is 5.52. The Morgan fingerprint density at radius 1 is 1.28 bits per heavy atom. The number of aromatic amines is 1. The molecule has 0 fully saturated rings. The van der Waals surface area contributed by atoms with Crippen LogP contribution in [0, 0.1) is 13.8 Å². The monoisotopic (exact) mass is 243 g/mol. The van der Waals surface area contributed by atoms with Crippen LogP contribution in [0.15, 0.2) is 24.3 Å². The van der Waals surface area contributed by atoms with Crippen LogP contribution in [0.5, 0.6) is 0 Å². The van der Waals surface area contributed by atoms with Gasteiger partial charge in [0.2, 0.25) is 0 Å². The molecule has 2 aromatic rings. The molecule has 3 heteroatoms. The van der Waals surface area contributed by atoms with Crippen molar-refractivity contribution in [1.29, 1.82) is 0 Å². The van der Waals surface area contributed by atoms with Crippen molar-refractivity contribution < 1.29 is 0 Å². The molecule has 0 saturated carbocycles. The van der Waals surface area contributed by atoms with Crippen molar-refractivity contribution in [2.45, 2.75) is 33.1 Å². The van der Waals surface area contributed by atoms with E-state index in [1.54, 1.807) is 0 Å². The Kier molecular flexibility index (Phi) is 3.26. The van der Waals surface area contributed by atoms with E-state index in [-0.39, 0.29) is 5.41 Å². The Balaban J connectivity index is 2.48. The average molecular weight is 243 g/mol. The van der Waals surface area contributed by atoms with E-state index >= 15 is 0 Å². The van der Waals surface area contributed by atoms with Crippen molar-refractivity contribution in [3.63, 3.8) is 0 Å². The van der Waals surface area contributed by atoms with Gasteiger partial charge >= 0.3 is 0 Å².